The molecule has 1 aromatic carbocycles. The minimum Gasteiger partial charge on any atom is -0.434 e. The molecule has 1 saturated heterocycles. The van der Waals surface area contributed by atoms with Crippen molar-refractivity contribution in [2.45, 2.75) is 77.6 Å². The number of hydrogen-bond donors (Lipinski definition) is 0. The zero-order valence-electron chi connectivity index (χ0n) is 15.8. The molecule has 0 aliphatic carbocycles. The summed E-state index contributed by atoms with van der Waals surface area (Å²) in [7, 11) is 0. The highest BCUT2D eigenvalue weighted by Crippen LogP contribution is 2.33. The fourth-order valence-corrected chi connectivity index (χ4v) is 3.33. The van der Waals surface area contributed by atoms with Crippen LogP contribution < -0.4 is 4.74 Å². The van der Waals surface area contributed by atoms with Crippen LogP contribution in [-0.2, 0) is 9.47 Å². The van der Waals surface area contributed by atoms with E-state index in [-0.39, 0.29) is 5.75 Å². The van der Waals surface area contributed by atoms with Crippen molar-refractivity contribution in [2.24, 2.45) is 5.92 Å². The van der Waals surface area contributed by atoms with Crippen molar-refractivity contribution in [2.75, 3.05) is 13.2 Å². The van der Waals surface area contributed by atoms with Crippen LogP contribution >= 0.6 is 0 Å². The molecule has 0 unspecified atom stereocenters. The van der Waals surface area contributed by atoms with Crippen molar-refractivity contribution in [3.05, 3.63) is 29.8 Å². The SMILES string of the molecule is CCCCCCCCCCC1COC(c2ccccc2OC(F)F)OC1. The minimum atomic E-state index is -2.85. The average Bonchev–Trinajstić information content (AvgIpc) is 2.64. The molecule has 1 aliphatic rings. The first kappa shape index (κ1) is 21.1. The lowest BCUT2D eigenvalue weighted by Gasteiger charge is -2.30. The molecular weight excluding hydrogens is 338 g/mol. The van der Waals surface area contributed by atoms with E-state index in [1.807, 2.05) is 0 Å². The molecule has 1 fully saturated rings. The molecule has 0 atom stereocenters. The third-order valence-corrected chi connectivity index (χ3v) is 4.82. The van der Waals surface area contributed by atoms with Gasteiger partial charge in [-0.25, -0.2) is 0 Å². The van der Waals surface area contributed by atoms with Gasteiger partial charge in [0, 0.05) is 11.5 Å². The van der Waals surface area contributed by atoms with Gasteiger partial charge < -0.3 is 14.2 Å². The summed E-state index contributed by atoms with van der Waals surface area (Å²) in [5.41, 5.74) is 0.526. The summed E-state index contributed by atoms with van der Waals surface area (Å²) >= 11 is 0. The Balaban J connectivity index is 1.63. The number of hydrogen-bond acceptors (Lipinski definition) is 3. The molecule has 0 amide bonds. The van der Waals surface area contributed by atoms with E-state index < -0.39 is 12.9 Å². The normalized spacial score (nSPS) is 20.5. The Morgan fingerprint density at radius 2 is 1.58 bits per heavy atom. The highest BCUT2D eigenvalue weighted by molar-refractivity contribution is 5.34. The van der Waals surface area contributed by atoms with Crippen LogP contribution in [-0.4, -0.2) is 19.8 Å². The van der Waals surface area contributed by atoms with Crippen molar-refractivity contribution >= 4 is 0 Å². The quantitative estimate of drug-likeness (QED) is 0.394. The van der Waals surface area contributed by atoms with E-state index in [4.69, 9.17) is 9.47 Å². The second-order valence-corrected chi connectivity index (χ2v) is 7.04. The first-order valence-electron chi connectivity index (χ1n) is 9.97. The number of halogens is 2. The minimum absolute atomic E-state index is 0.119. The average molecular weight is 370 g/mol. The Morgan fingerprint density at radius 1 is 0.962 bits per heavy atom. The Bertz CT molecular complexity index is 488. The maximum Gasteiger partial charge on any atom is 0.387 e. The van der Waals surface area contributed by atoms with E-state index in [0.717, 1.165) is 6.42 Å². The van der Waals surface area contributed by atoms with Crippen LogP contribution in [0.1, 0.15) is 76.6 Å². The van der Waals surface area contributed by atoms with Crippen molar-refractivity contribution < 1.29 is 23.0 Å². The maximum atomic E-state index is 12.5. The molecule has 0 saturated carbocycles. The van der Waals surface area contributed by atoms with E-state index in [0.29, 0.717) is 24.7 Å². The molecular formula is C21H32F2O3. The lowest BCUT2D eigenvalue weighted by molar-refractivity contribution is -0.207. The Morgan fingerprint density at radius 3 is 2.23 bits per heavy atom. The zero-order chi connectivity index (χ0) is 18.6. The van der Waals surface area contributed by atoms with Gasteiger partial charge in [-0.2, -0.15) is 8.78 Å². The molecule has 0 aromatic heterocycles. The van der Waals surface area contributed by atoms with E-state index in [9.17, 15) is 8.78 Å². The number of benzene rings is 1. The van der Waals surface area contributed by atoms with Crippen LogP contribution in [0, 0.1) is 5.92 Å². The van der Waals surface area contributed by atoms with Crippen LogP contribution in [0.4, 0.5) is 8.78 Å². The second-order valence-electron chi connectivity index (χ2n) is 7.04. The molecule has 0 N–H and O–H groups in total. The summed E-state index contributed by atoms with van der Waals surface area (Å²) in [5.74, 6) is 0.503. The van der Waals surface area contributed by atoms with Gasteiger partial charge >= 0.3 is 6.61 Å². The molecule has 148 valence electrons. The van der Waals surface area contributed by atoms with Gasteiger partial charge in [0.05, 0.1) is 13.2 Å². The molecule has 1 heterocycles. The standard InChI is InChI=1S/C21H32F2O3/c1-2-3-4-5-6-7-8-9-12-17-15-24-20(25-16-17)18-13-10-11-14-19(18)26-21(22)23/h10-11,13-14,17,20-21H,2-9,12,15-16H2,1H3. The van der Waals surface area contributed by atoms with Gasteiger partial charge in [-0.05, 0) is 12.5 Å². The fourth-order valence-electron chi connectivity index (χ4n) is 3.33. The monoisotopic (exact) mass is 370 g/mol. The van der Waals surface area contributed by atoms with E-state index in [1.165, 1.54) is 57.4 Å². The highest BCUT2D eigenvalue weighted by Gasteiger charge is 2.26. The van der Waals surface area contributed by atoms with Gasteiger partial charge in [-0.3, -0.25) is 0 Å². The van der Waals surface area contributed by atoms with E-state index >= 15 is 0 Å². The summed E-state index contributed by atoms with van der Waals surface area (Å²) in [6.45, 7) is 0.590. The number of rotatable bonds is 12. The first-order valence-corrected chi connectivity index (χ1v) is 9.97. The number of unbranched alkanes of at least 4 members (excludes halogenated alkanes) is 7. The lowest BCUT2D eigenvalue weighted by atomic mass is 10.0. The molecule has 26 heavy (non-hydrogen) atoms. The molecule has 0 bridgehead atoms. The molecule has 0 radical (unpaired) electrons. The highest BCUT2D eigenvalue weighted by atomic mass is 19.3. The topological polar surface area (TPSA) is 27.7 Å². The van der Waals surface area contributed by atoms with Gasteiger partial charge in [-0.15, -0.1) is 0 Å². The van der Waals surface area contributed by atoms with Gasteiger partial charge in [0.15, 0.2) is 6.29 Å². The van der Waals surface area contributed by atoms with Crippen molar-refractivity contribution in [1.29, 1.82) is 0 Å². The first-order chi connectivity index (χ1) is 12.7. The molecule has 0 spiro atoms. The predicted octanol–water partition coefficient (Wildman–Crippen LogP) is 6.48. The van der Waals surface area contributed by atoms with E-state index in [1.54, 1.807) is 18.2 Å². The molecule has 2 rings (SSSR count). The van der Waals surface area contributed by atoms with Gasteiger partial charge in [0.1, 0.15) is 5.75 Å². The number of alkyl halides is 2. The molecule has 3 nitrogen and oxygen atoms in total. The fraction of sp³-hybridized carbons (Fsp3) is 0.714. The molecule has 1 aromatic rings. The Kier molecular flexibility index (Phi) is 9.93. The van der Waals surface area contributed by atoms with Gasteiger partial charge in [0.2, 0.25) is 0 Å². The zero-order valence-corrected chi connectivity index (χ0v) is 15.8. The van der Waals surface area contributed by atoms with Gasteiger partial charge in [-0.1, -0.05) is 76.5 Å². The second kappa shape index (κ2) is 12.2. The maximum absolute atomic E-state index is 12.5. The van der Waals surface area contributed by atoms with Crippen molar-refractivity contribution in [1.82, 2.24) is 0 Å². The van der Waals surface area contributed by atoms with Gasteiger partial charge in [0.25, 0.3) is 0 Å². The summed E-state index contributed by atoms with van der Waals surface area (Å²) in [6, 6.07) is 6.66. The summed E-state index contributed by atoms with van der Waals surface area (Å²) in [4.78, 5) is 0. The number of para-hydroxylation sites is 1. The smallest absolute Gasteiger partial charge is 0.387 e. The summed E-state index contributed by atoms with van der Waals surface area (Å²) in [5, 5.41) is 0. The lowest BCUT2D eigenvalue weighted by Crippen LogP contribution is -2.27. The van der Waals surface area contributed by atoms with Crippen molar-refractivity contribution in [3.63, 3.8) is 0 Å². The van der Waals surface area contributed by atoms with Crippen LogP contribution in [0.25, 0.3) is 0 Å². The number of ether oxygens (including phenoxy) is 3. The largest absolute Gasteiger partial charge is 0.434 e. The van der Waals surface area contributed by atoms with Crippen LogP contribution in [0.2, 0.25) is 0 Å². The molecule has 5 heteroatoms. The van der Waals surface area contributed by atoms with Crippen molar-refractivity contribution in [3.8, 4) is 5.75 Å². The van der Waals surface area contributed by atoms with E-state index in [2.05, 4.69) is 11.7 Å². The van der Waals surface area contributed by atoms with Crippen LogP contribution in [0.15, 0.2) is 24.3 Å². The third kappa shape index (κ3) is 7.58. The summed E-state index contributed by atoms with van der Waals surface area (Å²) in [6.07, 6.45) is 10.9. The third-order valence-electron chi connectivity index (χ3n) is 4.82. The Hall–Kier alpha value is -1.20. The molecule has 1 aliphatic heterocycles. The van der Waals surface area contributed by atoms with Crippen LogP contribution in [0.5, 0.6) is 5.75 Å². The Labute approximate surface area is 156 Å². The van der Waals surface area contributed by atoms with Crippen LogP contribution in [0.3, 0.4) is 0 Å². The predicted molar refractivity (Wildman–Crippen MR) is 98.4 cm³/mol. The summed E-state index contributed by atoms with van der Waals surface area (Å²) < 4.78 is 41.1.